The van der Waals surface area contributed by atoms with Gasteiger partial charge in [0.2, 0.25) is 5.91 Å². The number of carbonyl (C=O) groups excluding carboxylic acids is 1. The van der Waals surface area contributed by atoms with E-state index in [1.54, 1.807) is 0 Å². The Balaban J connectivity index is 1.39. The van der Waals surface area contributed by atoms with Gasteiger partial charge in [0.1, 0.15) is 0 Å². The number of hydrogen-bond donors (Lipinski definition) is 1. The standard InChI is InChI=1S/C17H23N5O/c1-2-3-9-17(20-21-17)10-11-18-16(23)13-14-8-12-22(19-14)15-6-4-5-7-15/h1,8,12,15H,3-7,9-11,13H2,(H,18,23). The summed E-state index contributed by atoms with van der Waals surface area (Å²) in [6.45, 7) is 0.569. The molecule has 6 heteroatoms. The Morgan fingerprint density at radius 3 is 2.87 bits per heavy atom. The van der Waals surface area contributed by atoms with Crippen LogP contribution in [0.4, 0.5) is 0 Å². The number of carbonyl (C=O) groups is 1. The summed E-state index contributed by atoms with van der Waals surface area (Å²) in [6.07, 6.45) is 14.7. The van der Waals surface area contributed by atoms with Crippen LogP contribution in [0.15, 0.2) is 22.5 Å². The second-order valence-electron chi connectivity index (χ2n) is 6.39. The lowest BCUT2D eigenvalue weighted by Gasteiger charge is -2.10. The molecule has 23 heavy (non-hydrogen) atoms. The summed E-state index contributed by atoms with van der Waals surface area (Å²) in [7, 11) is 0. The van der Waals surface area contributed by atoms with Crippen molar-refractivity contribution in [2.75, 3.05) is 6.54 Å². The van der Waals surface area contributed by atoms with Gasteiger partial charge in [-0.15, -0.1) is 12.3 Å². The molecule has 1 aromatic rings. The maximum Gasteiger partial charge on any atom is 0.226 e. The predicted octanol–water partition coefficient (Wildman–Crippen LogP) is 2.62. The van der Waals surface area contributed by atoms with Gasteiger partial charge in [0.05, 0.1) is 18.2 Å². The van der Waals surface area contributed by atoms with Crippen molar-refractivity contribution in [3.63, 3.8) is 0 Å². The summed E-state index contributed by atoms with van der Waals surface area (Å²) >= 11 is 0. The fraction of sp³-hybridized carbons (Fsp3) is 0.647. The van der Waals surface area contributed by atoms with Gasteiger partial charge in [-0.3, -0.25) is 9.48 Å². The third kappa shape index (κ3) is 4.19. The molecule has 1 aromatic heterocycles. The van der Waals surface area contributed by atoms with E-state index < -0.39 is 0 Å². The van der Waals surface area contributed by atoms with Crippen molar-refractivity contribution >= 4 is 5.91 Å². The molecule has 0 atom stereocenters. The van der Waals surface area contributed by atoms with Crippen LogP contribution in [0, 0.1) is 12.3 Å². The van der Waals surface area contributed by atoms with Gasteiger partial charge in [-0.1, -0.05) is 12.8 Å². The Morgan fingerprint density at radius 1 is 1.39 bits per heavy atom. The first-order chi connectivity index (χ1) is 11.2. The number of nitrogens with one attached hydrogen (secondary N) is 1. The highest BCUT2D eigenvalue weighted by molar-refractivity contribution is 5.78. The van der Waals surface area contributed by atoms with Gasteiger partial charge in [0.25, 0.3) is 0 Å². The van der Waals surface area contributed by atoms with Crippen molar-refractivity contribution in [2.45, 2.75) is 63.1 Å². The zero-order valence-corrected chi connectivity index (χ0v) is 13.4. The average Bonchev–Trinajstić information content (AvgIpc) is 2.95. The number of rotatable bonds is 8. The highest BCUT2D eigenvalue weighted by Gasteiger charge is 2.38. The Hall–Kier alpha value is -2.16. The summed E-state index contributed by atoms with van der Waals surface area (Å²) in [5.41, 5.74) is 0.501. The SMILES string of the molecule is C#CCCC1(CCNC(=O)Cc2ccn(C3CCCC3)n2)N=N1. The van der Waals surface area contributed by atoms with Gasteiger partial charge in [-0.2, -0.15) is 15.3 Å². The molecule has 1 fully saturated rings. The molecule has 0 bridgehead atoms. The van der Waals surface area contributed by atoms with E-state index in [-0.39, 0.29) is 11.6 Å². The minimum Gasteiger partial charge on any atom is -0.356 e. The highest BCUT2D eigenvalue weighted by atomic mass is 16.1. The van der Waals surface area contributed by atoms with E-state index in [9.17, 15) is 4.79 Å². The first-order valence-electron chi connectivity index (χ1n) is 8.39. The minimum absolute atomic E-state index is 0.00517. The molecule has 1 aliphatic heterocycles. The fourth-order valence-electron chi connectivity index (χ4n) is 3.14. The molecule has 1 amide bonds. The number of terminal acetylenes is 1. The summed E-state index contributed by atoms with van der Waals surface area (Å²) in [6, 6.07) is 2.46. The van der Waals surface area contributed by atoms with Crippen LogP contribution in [0.25, 0.3) is 0 Å². The highest BCUT2D eigenvalue weighted by Crippen LogP contribution is 2.36. The van der Waals surface area contributed by atoms with Gasteiger partial charge in [0.15, 0.2) is 5.66 Å². The molecule has 2 heterocycles. The minimum atomic E-state index is -0.330. The predicted molar refractivity (Wildman–Crippen MR) is 86.7 cm³/mol. The monoisotopic (exact) mass is 313 g/mol. The summed E-state index contributed by atoms with van der Waals surface area (Å²) in [5, 5.41) is 15.6. The van der Waals surface area contributed by atoms with Crippen molar-refractivity contribution in [3.8, 4) is 12.3 Å². The average molecular weight is 313 g/mol. The molecule has 0 unspecified atom stereocenters. The van der Waals surface area contributed by atoms with E-state index in [2.05, 4.69) is 26.6 Å². The molecule has 0 saturated heterocycles. The van der Waals surface area contributed by atoms with Crippen molar-refractivity contribution in [3.05, 3.63) is 18.0 Å². The third-order valence-corrected chi connectivity index (χ3v) is 4.60. The molecule has 3 rings (SSSR count). The molecular weight excluding hydrogens is 290 g/mol. The van der Waals surface area contributed by atoms with E-state index in [0.717, 1.165) is 18.5 Å². The molecule has 122 valence electrons. The van der Waals surface area contributed by atoms with Crippen LogP contribution in [0.3, 0.4) is 0 Å². The lowest BCUT2D eigenvalue weighted by molar-refractivity contribution is -0.120. The van der Waals surface area contributed by atoms with Crippen LogP contribution in [0.1, 0.15) is 56.7 Å². The molecule has 2 aliphatic rings. The number of amides is 1. The topological polar surface area (TPSA) is 71.6 Å². The van der Waals surface area contributed by atoms with E-state index in [1.165, 1.54) is 25.7 Å². The molecule has 1 N–H and O–H groups in total. The number of nitrogens with zero attached hydrogens (tertiary/aromatic N) is 4. The fourth-order valence-corrected chi connectivity index (χ4v) is 3.14. The summed E-state index contributed by atoms with van der Waals surface area (Å²) in [4.78, 5) is 12.0. The van der Waals surface area contributed by atoms with Crippen molar-refractivity contribution < 1.29 is 4.79 Å². The van der Waals surface area contributed by atoms with E-state index in [0.29, 0.717) is 25.4 Å². The summed E-state index contributed by atoms with van der Waals surface area (Å²) in [5.74, 6) is 2.60. The van der Waals surface area contributed by atoms with Crippen LogP contribution < -0.4 is 5.32 Å². The zero-order chi connectivity index (χ0) is 16.1. The van der Waals surface area contributed by atoms with Gasteiger partial charge in [-0.25, -0.2) is 0 Å². The molecule has 1 saturated carbocycles. The van der Waals surface area contributed by atoms with Crippen LogP contribution in [0.5, 0.6) is 0 Å². The lowest BCUT2D eigenvalue weighted by Crippen LogP contribution is -2.29. The molecule has 1 aliphatic carbocycles. The van der Waals surface area contributed by atoms with Crippen molar-refractivity contribution in [1.29, 1.82) is 0 Å². The summed E-state index contributed by atoms with van der Waals surface area (Å²) < 4.78 is 2.02. The first-order valence-corrected chi connectivity index (χ1v) is 8.39. The molecule has 0 radical (unpaired) electrons. The maximum atomic E-state index is 12.0. The largest absolute Gasteiger partial charge is 0.356 e. The van der Waals surface area contributed by atoms with Crippen LogP contribution in [0.2, 0.25) is 0 Å². The van der Waals surface area contributed by atoms with Gasteiger partial charge < -0.3 is 5.32 Å². The molecular formula is C17H23N5O. The second-order valence-corrected chi connectivity index (χ2v) is 6.39. The smallest absolute Gasteiger partial charge is 0.226 e. The normalized spacial score (nSPS) is 18.7. The van der Waals surface area contributed by atoms with E-state index >= 15 is 0 Å². The van der Waals surface area contributed by atoms with Crippen LogP contribution >= 0.6 is 0 Å². The quantitative estimate of drug-likeness (QED) is 0.749. The Bertz CT molecular complexity index is 615. The zero-order valence-electron chi connectivity index (χ0n) is 13.4. The number of aromatic nitrogens is 2. The molecule has 0 aromatic carbocycles. The van der Waals surface area contributed by atoms with Gasteiger partial charge >= 0.3 is 0 Å². The van der Waals surface area contributed by atoms with Crippen molar-refractivity contribution in [2.24, 2.45) is 10.2 Å². The van der Waals surface area contributed by atoms with Crippen LogP contribution in [-0.4, -0.2) is 27.9 Å². The first kappa shape index (κ1) is 15.7. The maximum absolute atomic E-state index is 12.0. The Morgan fingerprint density at radius 2 is 2.17 bits per heavy atom. The Kier molecular flexibility index (Phi) is 4.75. The third-order valence-electron chi connectivity index (χ3n) is 4.60. The van der Waals surface area contributed by atoms with Gasteiger partial charge in [-0.05, 0) is 18.9 Å². The number of hydrogen-bond acceptors (Lipinski definition) is 4. The van der Waals surface area contributed by atoms with Crippen LogP contribution in [-0.2, 0) is 11.2 Å². The van der Waals surface area contributed by atoms with E-state index in [4.69, 9.17) is 6.42 Å². The van der Waals surface area contributed by atoms with E-state index in [1.807, 2.05) is 16.9 Å². The molecule has 6 nitrogen and oxygen atoms in total. The van der Waals surface area contributed by atoms with Gasteiger partial charge in [0, 0.05) is 32.0 Å². The lowest BCUT2D eigenvalue weighted by atomic mass is 10.0. The van der Waals surface area contributed by atoms with Crippen molar-refractivity contribution in [1.82, 2.24) is 15.1 Å². The Labute approximate surface area is 136 Å². The molecule has 0 spiro atoms. The second kappa shape index (κ2) is 6.95.